The summed E-state index contributed by atoms with van der Waals surface area (Å²) in [6.07, 6.45) is 2.90. The van der Waals surface area contributed by atoms with Crippen LogP contribution in [0.5, 0.6) is 11.5 Å². The Labute approximate surface area is 177 Å². The number of likely N-dealkylation sites (tertiary alicyclic amines) is 1. The van der Waals surface area contributed by atoms with Gasteiger partial charge in [0.1, 0.15) is 5.60 Å². The Kier molecular flexibility index (Phi) is 5.41. The van der Waals surface area contributed by atoms with Gasteiger partial charge in [-0.1, -0.05) is 18.2 Å². The van der Waals surface area contributed by atoms with E-state index >= 15 is 0 Å². The van der Waals surface area contributed by atoms with Gasteiger partial charge in [-0.05, 0) is 57.4 Å². The van der Waals surface area contributed by atoms with Crippen LogP contribution in [0, 0.1) is 6.92 Å². The fourth-order valence-corrected chi connectivity index (χ4v) is 4.12. The molecule has 6 heteroatoms. The van der Waals surface area contributed by atoms with Crippen LogP contribution in [-0.2, 0) is 11.2 Å². The van der Waals surface area contributed by atoms with Crippen LogP contribution in [-0.4, -0.2) is 42.0 Å². The van der Waals surface area contributed by atoms with E-state index in [1.54, 1.807) is 12.1 Å². The highest BCUT2D eigenvalue weighted by Gasteiger charge is 2.32. The molecular formula is C24H28N2O4. The molecule has 2 aromatic carbocycles. The second-order valence-corrected chi connectivity index (χ2v) is 8.60. The van der Waals surface area contributed by atoms with Crippen molar-refractivity contribution in [2.24, 2.45) is 0 Å². The Morgan fingerprint density at radius 3 is 2.63 bits per heavy atom. The molecule has 1 saturated heterocycles. The minimum absolute atomic E-state index is 0.0250. The molecule has 0 saturated carbocycles. The van der Waals surface area contributed by atoms with Crippen molar-refractivity contribution < 1.29 is 19.1 Å². The summed E-state index contributed by atoms with van der Waals surface area (Å²) in [5.74, 6) is 1.03. The number of ether oxygens (including phenoxy) is 2. The minimum Gasteiger partial charge on any atom is -0.483 e. The quantitative estimate of drug-likeness (QED) is 0.813. The smallest absolute Gasteiger partial charge is 0.262 e. The number of hydrogen-bond acceptors (Lipinski definition) is 4. The Balaban J connectivity index is 1.42. The monoisotopic (exact) mass is 408 g/mol. The van der Waals surface area contributed by atoms with Crippen molar-refractivity contribution >= 4 is 17.5 Å². The SMILES string of the molecule is Cc1c(NC(=O)COc2cccc3c2OC(C)(C)C3)cccc1C(=O)N1CCCC1. The molecule has 158 valence electrons. The standard InChI is InChI=1S/C24H28N2O4/c1-16-18(23(28)26-12-4-5-13-26)9-7-10-19(16)25-21(27)15-29-20-11-6-8-17-14-24(2,3)30-22(17)20/h6-11H,4-5,12-15H2,1-3H3,(H,25,27). The number of anilines is 1. The molecule has 0 atom stereocenters. The molecular weight excluding hydrogens is 380 g/mol. The zero-order valence-electron chi connectivity index (χ0n) is 17.8. The molecule has 0 radical (unpaired) electrons. The molecule has 2 aromatic rings. The van der Waals surface area contributed by atoms with Crippen LogP contribution in [0.3, 0.4) is 0 Å². The van der Waals surface area contributed by atoms with E-state index in [1.807, 2.05) is 49.9 Å². The normalized spacial score (nSPS) is 16.7. The molecule has 1 fully saturated rings. The van der Waals surface area contributed by atoms with Crippen molar-refractivity contribution in [3.8, 4) is 11.5 Å². The summed E-state index contributed by atoms with van der Waals surface area (Å²) >= 11 is 0. The molecule has 2 amide bonds. The van der Waals surface area contributed by atoms with Crippen LogP contribution in [0.15, 0.2) is 36.4 Å². The summed E-state index contributed by atoms with van der Waals surface area (Å²) in [5.41, 5.74) is 2.84. The average Bonchev–Trinajstić information content (AvgIpc) is 3.34. The van der Waals surface area contributed by atoms with Crippen molar-refractivity contribution in [1.82, 2.24) is 4.90 Å². The third-order valence-electron chi connectivity index (χ3n) is 5.65. The molecule has 1 N–H and O–H groups in total. The number of carbonyl (C=O) groups is 2. The fourth-order valence-electron chi connectivity index (χ4n) is 4.12. The van der Waals surface area contributed by atoms with E-state index in [0.717, 1.165) is 43.5 Å². The number of amides is 2. The van der Waals surface area contributed by atoms with Gasteiger partial charge in [0.15, 0.2) is 18.1 Å². The first-order valence-electron chi connectivity index (χ1n) is 10.5. The molecule has 0 spiro atoms. The van der Waals surface area contributed by atoms with Crippen LogP contribution in [0.2, 0.25) is 0 Å². The molecule has 2 aliphatic heterocycles. The number of carbonyl (C=O) groups excluding carboxylic acids is 2. The first-order chi connectivity index (χ1) is 14.3. The number of nitrogens with zero attached hydrogens (tertiary/aromatic N) is 1. The summed E-state index contributed by atoms with van der Waals surface area (Å²) in [4.78, 5) is 27.2. The van der Waals surface area contributed by atoms with Crippen LogP contribution >= 0.6 is 0 Å². The van der Waals surface area contributed by atoms with Gasteiger partial charge in [-0.3, -0.25) is 9.59 Å². The zero-order valence-corrected chi connectivity index (χ0v) is 17.8. The van der Waals surface area contributed by atoms with Gasteiger partial charge in [-0.2, -0.15) is 0 Å². The van der Waals surface area contributed by atoms with Gasteiger partial charge in [-0.25, -0.2) is 0 Å². The summed E-state index contributed by atoms with van der Waals surface area (Å²) in [6.45, 7) is 7.38. The number of nitrogens with one attached hydrogen (secondary N) is 1. The molecule has 6 nitrogen and oxygen atoms in total. The first kappa shape index (κ1) is 20.3. The maximum Gasteiger partial charge on any atom is 0.262 e. The van der Waals surface area contributed by atoms with Gasteiger partial charge in [0, 0.05) is 36.3 Å². The third kappa shape index (κ3) is 4.13. The van der Waals surface area contributed by atoms with Crippen molar-refractivity contribution in [3.05, 3.63) is 53.1 Å². The van der Waals surface area contributed by atoms with Gasteiger partial charge in [-0.15, -0.1) is 0 Å². The van der Waals surface area contributed by atoms with Crippen LogP contribution in [0.25, 0.3) is 0 Å². The third-order valence-corrected chi connectivity index (χ3v) is 5.65. The first-order valence-corrected chi connectivity index (χ1v) is 10.5. The molecule has 0 aliphatic carbocycles. The lowest BCUT2D eigenvalue weighted by Gasteiger charge is -2.19. The van der Waals surface area contributed by atoms with Crippen LogP contribution < -0.4 is 14.8 Å². The maximum absolute atomic E-state index is 12.8. The fraction of sp³-hybridized carbons (Fsp3) is 0.417. The van der Waals surface area contributed by atoms with Crippen LogP contribution in [0.1, 0.15) is 48.2 Å². The largest absolute Gasteiger partial charge is 0.483 e. The lowest BCUT2D eigenvalue weighted by atomic mass is 10.0. The van der Waals surface area contributed by atoms with Gasteiger partial charge < -0.3 is 19.7 Å². The zero-order chi connectivity index (χ0) is 21.3. The van der Waals surface area contributed by atoms with E-state index in [0.29, 0.717) is 22.7 Å². The van der Waals surface area contributed by atoms with E-state index in [-0.39, 0.29) is 24.0 Å². The van der Waals surface area contributed by atoms with E-state index in [2.05, 4.69) is 5.32 Å². The Morgan fingerprint density at radius 2 is 1.87 bits per heavy atom. The minimum atomic E-state index is -0.279. The Bertz CT molecular complexity index is 977. The summed E-state index contributed by atoms with van der Waals surface area (Å²) in [7, 11) is 0. The van der Waals surface area contributed by atoms with Crippen LogP contribution in [0.4, 0.5) is 5.69 Å². The number of hydrogen-bond donors (Lipinski definition) is 1. The number of rotatable bonds is 5. The molecule has 2 heterocycles. The lowest BCUT2D eigenvalue weighted by molar-refractivity contribution is -0.118. The molecule has 4 rings (SSSR count). The molecule has 0 bridgehead atoms. The van der Waals surface area contributed by atoms with Gasteiger partial charge in [0.25, 0.3) is 11.8 Å². The second-order valence-electron chi connectivity index (χ2n) is 8.60. The summed E-state index contributed by atoms with van der Waals surface area (Å²) in [5, 5.41) is 2.87. The Morgan fingerprint density at radius 1 is 1.13 bits per heavy atom. The predicted molar refractivity (Wildman–Crippen MR) is 115 cm³/mol. The number of fused-ring (bicyclic) bond motifs is 1. The summed E-state index contributed by atoms with van der Waals surface area (Å²) < 4.78 is 11.7. The van der Waals surface area contributed by atoms with Crippen molar-refractivity contribution in [3.63, 3.8) is 0 Å². The van der Waals surface area contributed by atoms with E-state index in [9.17, 15) is 9.59 Å². The molecule has 0 unspecified atom stereocenters. The highest BCUT2D eigenvalue weighted by atomic mass is 16.5. The topological polar surface area (TPSA) is 67.9 Å². The lowest BCUT2D eigenvalue weighted by Crippen LogP contribution is -2.28. The Hall–Kier alpha value is -3.02. The van der Waals surface area contributed by atoms with E-state index in [4.69, 9.17) is 9.47 Å². The molecule has 0 aromatic heterocycles. The van der Waals surface area contributed by atoms with Crippen molar-refractivity contribution in [2.45, 2.75) is 45.6 Å². The van der Waals surface area contributed by atoms with E-state index in [1.165, 1.54) is 0 Å². The van der Waals surface area contributed by atoms with Gasteiger partial charge in [0.05, 0.1) is 0 Å². The molecule has 30 heavy (non-hydrogen) atoms. The number of benzene rings is 2. The molecule has 2 aliphatic rings. The summed E-state index contributed by atoms with van der Waals surface area (Å²) in [6, 6.07) is 11.2. The highest BCUT2D eigenvalue weighted by molar-refractivity contribution is 5.99. The average molecular weight is 408 g/mol. The predicted octanol–water partition coefficient (Wildman–Crippen LogP) is 3.96. The van der Waals surface area contributed by atoms with Crippen molar-refractivity contribution in [1.29, 1.82) is 0 Å². The van der Waals surface area contributed by atoms with Gasteiger partial charge >= 0.3 is 0 Å². The second kappa shape index (κ2) is 8.01. The maximum atomic E-state index is 12.8. The van der Waals surface area contributed by atoms with Gasteiger partial charge in [0.2, 0.25) is 0 Å². The number of para-hydroxylation sites is 1. The van der Waals surface area contributed by atoms with E-state index < -0.39 is 0 Å². The highest BCUT2D eigenvalue weighted by Crippen LogP contribution is 2.41. The van der Waals surface area contributed by atoms with Crippen molar-refractivity contribution in [2.75, 3.05) is 25.0 Å².